The number of aromatic nitrogens is 1. The number of ether oxygens (including phenoxy) is 1. The van der Waals surface area contributed by atoms with Crippen LogP contribution in [0.1, 0.15) is 32.1 Å². The Morgan fingerprint density at radius 2 is 1.37 bits per heavy atom. The van der Waals surface area contributed by atoms with E-state index in [1.165, 1.54) is 0 Å². The van der Waals surface area contributed by atoms with Crippen molar-refractivity contribution in [1.82, 2.24) is 9.47 Å². The van der Waals surface area contributed by atoms with E-state index in [1.54, 1.807) is 29.2 Å². The molecule has 0 atom stereocenters. The van der Waals surface area contributed by atoms with E-state index in [1.807, 2.05) is 24.3 Å². The lowest BCUT2D eigenvalue weighted by Crippen LogP contribution is -2.40. The minimum absolute atomic E-state index is 0.0117. The Morgan fingerprint density at radius 3 is 1.97 bits per heavy atom. The van der Waals surface area contributed by atoms with Crippen molar-refractivity contribution in [3.63, 3.8) is 0 Å². The zero-order valence-electron chi connectivity index (χ0n) is 17.2. The summed E-state index contributed by atoms with van der Waals surface area (Å²) >= 11 is 0. The van der Waals surface area contributed by atoms with Gasteiger partial charge < -0.3 is 19.5 Å². The Kier molecular flexibility index (Phi) is 5.68. The number of aryl methyl sites for hydroxylation is 2. The maximum absolute atomic E-state index is 12.6. The third-order valence-corrected chi connectivity index (χ3v) is 5.35. The van der Waals surface area contributed by atoms with Gasteiger partial charge in [-0.1, -0.05) is 0 Å². The fourth-order valence-electron chi connectivity index (χ4n) is 3.69. The van der Waals surface area contributed by atoms with Gasteiger partial charge in [-0.3, -0.25) is 9.59 Å². The molecule has 0 radical (unpaired) electrons. The maximum atomic E-state index is 12.6. The smallest absolute Gasteiger partial charge is 0.255 e. The summed E-state index contributed by atoms with van der Waals surface area (Å²) in [6.45, 7) is 6.47. The molecule has 1 fully saturated rings. The van der Waals surface area contributed by atoms with Gasteiger partial charge in [-0.2, -0.15) is 0 Å². The summed E-state index contributed by atoms with van der Waals surface area (Å²) in [7, 11) is 0. The molecule has 1 N–H and O–H groups in total. The van der Waals surface area contributed by atoms with Crippen molar-refractivity contribution in [1.29, 1.82) is 0 Å². The van der Waals surface area contributed by atoms with Crippen LogP contribution in [0.15, 0.2) is 60.7 Å². The molecule has 0 saturated carbocycles. The van der Waals surface area contributed by atoms with E-state index in [-0.39, 0.29) is 11.8 Å². The highest BCUT2D eigenvalue weighted by Gasteiger charge is 2.18. The van der Waals surface area contributed by atoms with Crippen LogP contribution in [-0.2, 0) is 4.74 Å². The third-order valence-electron chi connectivity index (χ3n) is 5.35. The largest absolute Gasteiger partial charge is 0.378 e. The van der Waals surface area contributed by atoms with E-state index in [2.05, 4.69) is 35.9 Å². The van der Waals surface area contributed by atoms with Crippen molar-refractivity contribution < 1.29 is 14.3 Å². The molecule has 30 heavy (non-hydrogen) atoms. The Labute approximate surface area is 176 Å². The summed E-state index contributed by atoms with van der Waals surface area (Å²) in [5, 5.41) is 2.89. The summed E-state index contributed by atoms with van der Waals surface area (Å²) in [5.74, 6) is -0.197. The Morgan fingerprint density at radius 1 is 0.800 bits per heavy atom. The highest BCUT2D eigenvalue weighted by Crippen LogP contribution is 2.18. The molecular formula is C24H25N3O3. The standard InChI is InChI=1S/C24H25N3O3/c1-17-3-4-18(2)27(17)22-11-7-19(8-12-22)23(28)25-21-9-5-20(6-10-21)24(29)26-13-15-30-16-14-26/h3-12H,13-16H2,1-2H3,(H,25,28). The van der Waals surface area contributed by atoms with Gasteiger partial charge in [-0.25, -0.2) is 0 Å². The molecule has 6 heteroatoms. The molecule has 0 spiro atoms. The summed E-state index contributed by atoms with van der Waals surface area (Å²) in [6, 6.07) is 18.7. The number of hydrogen-bond donors (Lipinski definition) is 1. The second-order valence-corrected chi connectivity index (χ2v) is 7.43. The molecule has 2 amide bonds. The Balaban J connectivity index is 1.42. The van der Waals surface area contributed by atoms with Crippen LogP contribution in [-0.4, -0.2) is 47.6 Å². The molecular weight excluding hydrogens is 378 g/mol. The van der Waals surface area contributed by atoms with E-state index >= 15 is 0 Å². The first-order valence-electron chi connectivity index (χ1n) is 10.1. The van der Waals surface area contributed by atoms with Crippen LogP contribution in [0.3, 0.4) is 0 Å². The zero-order chi connectivity index (χ0) is 21.1. The minimum Gasteiger partial charge on any atom is -0.378 e. The van der Waals surface area contributed by atoms with Gasteiger partial charge in [0.15, 0.2) is 0 Å². The van der Waals surface area contributed by atoms with Crippen molar-refractivity contribution in [3.05, 3.63) is 83.2 Å². The Hall–Kier alpha value is -3.38. The second-order valence-electron chi connectivity index (χ2n) is 7.43. The van der Waals surface area contributed by atoms with E-state index in [4.69, 9.17) is 4.74 Å². The number of benzene rings is 2. The molecule has 0 unspecified atom stereocenters. The predicted molar refractivity (Wildman–Crippen MR) is 116 cm³/mol. The number of amides is 2. The number of nitrogens with zero attached hydrogens (tertiary/aromatic N) is 2. The highest BCUT2D eigenvalue weighted by atomic mass is 16.5. The van der Waals surface area contributed by atoms with E-state index in [0.29, 0.717) is 43.1 Å². The molecule has 3 aromatic rings. The number of nitrogens with one attached hydrogen (secondary N) is 1. The van der Waals surface area contributed by atoms with Gasteiger partial charge in [-0.05, 0) is 74.5 Å². The molecule has 1 aromatic heterocycles. The van der Waals surface area contributed by atoms with Gasteiger partial charge in [0.05, 0.1) is 13.2 Å². The van der Waals surface area contributed by atoms with Gasteiger partial charge in [0.2, 0.25) is 0 Å². The Bertz CT molecular complexity index is 1030. The summed E-state index contributed by atoms with van der Waals surface area (Å²) in [6.07, 6.45) is 0. The van der Waals surface area contributed by atoms with Crippen molar-refractivity contribution in [3.8, 4) is 5.69 Å². The fourth-order valence-corrected chi connectivity index (χ4v) is 3.69. The van der Waals surface area contributed by atoms with Crippen molar-refractivity contribution in [2.75, 3.05) is 31.6 Å². The van der Waals surface area contributed by atoms with E-state index in [9.17, 15) is 9.59 Å². The molecule has 6 nitrogen and oxygen atoms in total. The summed E-state index contributed by atoms with van der Waals surface area (Å²) in [5.41, 5.74) is 5.16. The molecule has 1 saturated heterocycles. The predicted octanol–water partition coefficient (Wildman–Crippen LogP) is 3.82. The number of rotatable bonds is 4. The molecule has 1 aliphatic rings. The molecule has 1 aliphatic heterocycles. The number of carbonyl (C=O) groups is 2. The SMILES string of the molecule is Cc1ccc(C)n1-c1ccc(C(=O)Nc2ccc(C(=O)N3CCOCC3)cc2)cc1. The van der Waals surface area contributed by atoms with Crippen LogP contribution in [0.2, 0.25) is 0 Å². The molecule has 4 rings (SSSR count). The van der Waals surface area contributed by atoms with Gasteiger partial charge in [0, 0.05) is 47.0 Å². The number of carbonyl (C=O) groups excluding carboxylic acids is 2. The van der Waals surface area contributed by atoms with Crippen LogP contribution in [0, 0.1) is 13.8 Å². The van der Waals surface area contributed by atoms with Crippen LogP contribution in [0.4, 0.5) is 5.69 Å². The van der Waals surface area contributed by atoms with Crippen molar-refractivity contribution in [2.24, 2.45) is 0 Å². The maximum Gasteiger partial charge on any atom is 0.255 e. The van der Waals surface area contributed by atoms with Crippen molar-refractivity contribution >= 4 is 17.5 Å². The number of morpholine rings is 1. The lowest BCUT2D eigenvalue weighted by atomic mass is 10.1. The third kappa shape index (κ3) is 4.14. The first-order valence-corrected chi connectivity index (χ1v) is 10.1. The van der Waals surface area contributed by atoms with E-state index in [0.717, 1.165) is 17.1 Å². The molecule has 0 aliphatic carbocycles. The van der Waals surface area contributed by atoms with Crippen LogP contribution in [0.5, 0.6) is 0 Å². The monoisotopic (exact) mass is 403 g/mol. The van der Waals surface area contributed by atoms with Gasteiger partial charge in [0.25, 0.3) is 11.8 Å². The lowest BCUT2D eigenvalue weighted by molar-refractivity contribution is 0.0303. The summed E-state index contributed by atoms with van der Waals surface area (Å²) in [4.78, 5) is 26.9. The van der Waals surface area contributed by atoms with Crippen LogP contribution in [0.25, 0.3) is 5.69 Å². The zero-order valence-corrected chi connectivity index (χ0v) is 17.2. The van der Waals surface area contributed by atoms with Crippen LogP contribution >= 0.6 is 0 Å². The average molecular weight is 403 g/mol. The number of hydrogen-bond acceptors (Lipinski definition) is 3. The molecule has 154 valence electrons. The topological polar surface area (TPSA) is 63.6 Å². The van der Waals surface area contributed by atoms with Crippen LogP contribution < -0.4 is 5.32 Å². The second kappa shape index (κ2) is 8.55. The molecule has 0 bridgehead atoms. The summed E-state index contributed by atoms with van der Waals surface area (Å²) < 4.78 is 7.43. The molecule has 2 heterocycles. The highest BCUT2D eigenvalue weighted by molar-refractivity contribution is 6.04. The van der Waals surface area contributed by atoms with Gasteiger partial charge in [0.1, 0.15) is 0 Å². The van der Waals surface area contributed by atoms with Gasteiger partial charge >= 0.3 is 0 Å². The molecule has 2 aromatic carbocycles. The lowest BCUT2D eigenvalue weighted by Gasteiger charge is -2.26. The first kappa shape index (κ1) is 19.9. The fraction of sp³-hybridized carbons (Fsp3) is 0.250. The normalized spacial score (nSPS) is 13.9. The quantitative estimate of drug-likeness (QED) is 0.720. The van der Waals surface area contributed by atoms with Gasteiger partial charge in [-0.15, -0.1) is 0 Å². The van der Waals surface area contributed by atoms with Crippen molar-refractivity contribution in [2.45, 2.75) is 13.8 Å². The average Bonchev–Trinajstić information content (AvgIpc) is 3.12. The van der Waals surface area contributed by atoms with E-state index < -0.39 is 0 Å². The minimum atomic E-state index is -0.185. The first-order chi connectivity index (χ1) is 14.5. The number of anilines is 1.